The van der Waals surface area contributed by atoms with Crippen molar-refractivity contribution in [2.24, 2.45) is 0 Å². The number of halogens is 1. The van der Waals surface area contributed by atoms with E-state index < -0.39 is 17.8 Å². The molecule has 1 atom stereocenters. The lowest BCUT2D eigenvalue weighted by molar-refractivity contribution is 0.0944. The first-order valence-electron chi connectivity index (χ1n) is 5.05. The predicted octanol–water partition coefficient (Wildman–Crippen LogP) is 2.17. The van der Waals surface area contributed by atoms with E-state index in [2.05, 4.69) is 5.32 Å². The van der Waals surface area contributed by atoms with Crippen LogP contribution in [0.25, 0.3) is 0 Å². The van der Waals surface area contributed by atoms with Gasteiger partial charge in [0, 0.05) is 5.56 Å². The maximum Gasteiger partial charge on any atom is 0.252 e. The molecule has 0 bridgehead atoms. The summed E-state index contributed by atoms with van der Waals surface area (Å²) in [5.41, 5.74) is 0.723. The van der Waals surface area contributed by atoms with E-state index in [1.807, 2.05) is 6.07 Å². The van der Waals surface area contributed by atoms with Crippen molar-refractivity contribution < 1.29 is 9.18 Å². The highest BCUT2D eigenvalue weighted by atomic mass is 19.1. The third-order valence-electron chi connectivity index (χ3n) is 2.30. The summed E-state index contributed by atoms with van der Waals surface area (Å²) in [6.45, 7) is 3.42. The molecule has 1 amide bonds. The second-order valence-electron chi connectivity index (χ2n) is 3.53. The van der Waals surface area contributed by atoms with E-state index in [0.29, 0.717) is 12.0 Å². The Hall–Kier alpha value is -1.89. The lowest BCUT2D eigenvalue weighted by atomic mass is 10.1. The second kappa shape index (κ2) is 5.26. The van der Waals surface area contributed by atoms with Crippen molar-refractivity contribution in [2.75, 3.05) is 0 Å². The van der Waals surface area contributed by atoms with E-state index in [4.69, 9.17) is 5.26 Å². The van der Waals surface area contributed by atoms with E-state index in [1.54, 1.807) is 13.8 Å². The van der Waals surface area contributed by atoms with Gasteiger partial charge in [0.25, 0.3) is 5.91 Å². The number of carbonyl (C=O) groups is 1. The number of amides is 1. The molecule has 0 aliphatic carbocycles. The molecule has 0 aromatic heterocycles. The number of nitrogens with one attached hydrogen (secondary N) is 1. The Bertz CT molecular complexity index is 437. The first-order chi connectivity index (χ1) is 7.58. The predicted molar refractivity (Wildman–Crippen MR) is 58.3 cm³/mol. The van der Waals surface area contributed by atoms with E-state index in [-0.39, 0.29) is 5.56 Å². The van der Waals surface area contributed by atoms with Crippen LogP contribution in [0, 0.1) is 24.1 Å². The Morgan fingerprint density at radius 2 is 2.31 bits per heavy atom. The monoisotopic (exact) mass is 220 g/mol. The quantitative estimate of drug-likeness (QED) is 0.848. The fourth-order valence-corrected chi connectivity index (χ4v) is 1.20. The lowest BCUT2D eigenvalue weighted by Gasteiger charge is -2.09. The minimum atomic E-state index is -0.531. The fraction of sp³-hybridized carbons (Fsp3) is 0.333. The zero-order valence-electron chi connectivity index (χ0n) is 9.25. The highest BCUT2D eigenvalue weighted by molar-refractivity contribution is 5.94. The Balaban J connectivity index is 2.81. The number of rotatable bonds is 3. The number of hydrogen-bond acceptors (Lipinski definition) is 2. The van der Waals surface area contributed by atoms with Gasteiger partial charge in [-0.05, 0) is 31.0 Å². The lowest BCUT2D eigenvalue weighted by Crippen LogP contribution is -2.33. The third kappa shape index (κ3) is 2.80. The van der Waals surface area contributed by atoms with Crippen molar-refractivity contribution in [2.45, 2.75) is 26.3 Å². The summed E-state index contributed by atoms with van der Waals surface area (Å²) in [5.74, 6) is -0.843. The van der Waals surface area contributed by atoms with Crippen LogP contribution < -0.4 is 5.32 Å². The van der Waals surface area contributed by atoms with Gasteiger partial charge in [-0.1, -0.05) is 13.0 Å². The zero-order valence-corrected chi connectivity index (χ0v) is 9.25. The van der Waals surface area contributed by atoms with Crippen LogP contribution in [-0.2, 0) is 0 Å². The van der Waals surface area contributed by atoms with Gasteiger partial charge in [-0.15, -0.1) is 0 Å². The van der Waals surface area contributed by atoms with Crippen LogP contribution in [0.15, 0.2) is 18.2 Å². The van der Waals surface area contributed by atoms with Crippen molar-refractivity contribution in [1.82, 2.24) is 5.32 Å². The van der Waals surface area contributed by atoms with Crippen molar-refractivity contribution in [1.29, 1.82) is 5.26 Å². The maximum absolute atomic E-state index is 13.2. The number of hydrogen-bond donors (Lipinski definition) is 1. The number of benzene rings is 1. The molecule has 0 saturated heterocycles. The van der Waals surface area contributed by atoms with Crippen LogP contribution in [0.4, 0.5) is 4.39 Å². The van der Waals surface area contributed by atoms with Crippen LogP contribution >= 0.6 is 0 Å². The summed E-state index contributed by atoms with van der Waals surface area (Å²) in [6, 6.07) is 5.68. The topological polar surface area (TPSA) is 52.9 Å². The molecular weight excluding hydrogens is 207 g/mol. The molecule has 3 nitrogen and oxygen atoms in total. The average molecular weight is 220 g/mol. The molecule has 4 heteroatoms. The molecule has 0 fully saturated rings. The highest BCUT2D eigenvalue weighted by Crippen LogP contribution is 2.09. The molecule has 1 N–H and O–H groups in total. The highest BCUT2D eigenvalue weighted by Gasteiger charge is 2.12. The Morgan fingerprint density at radius 3 is 2.81 bits per heavy atom. The molecule has 0 aliphatic rings. The summed E-state index contributed by atoms with van der Waals surface area (Å²) in [7, 11) is 0. The molecule has 84 valence electrons. The molecule has 16 heavy (non-hydrogen) atoms. The van der Waals surface area contributed by atoms with Gasteiger partial charge in [0.1, 0.15) is 11.9 Å². The molecule has 0 aliphatic heterocycles. The van der Waals surface area contributed by atoms with Crippen molar-refractivity contribution >= 4 is 5.91 Å². The zero-order chi connectivity index (χ0) is 12.1. The summed E-state index contributed by atoms with van der Waals surface area (Å²) in [6.07, 6.45) is 0.524. The van der Waals surface area contributed by atoms with Gasteiger partial charge < -0.3 is 5.32 Å². The van der Waals surface area contributed by atoms with E-state index in [1.165, 1.54) is 18.2 Å². The van der Waals surface area contributed by atoms with E-state index in [0.717, 1.165) is 0 Å². The van der Waals surface area contributed by atoms with Crippen LogP contribution in [0.3, 0.4) is 0 Å². The van der Waals surface area contributed by atoms with Crippen LogP contribution in [0.1, 0.15) is 29.3 Å². The molecule has 0 radical (unpaired) electrons. The maximum atomic E-state index is 13.2. The number of nitriles is 1. The summed E-state index contributed by atoms with van der Waals surface area (Å²) >= 11 is 0. The summed E-state index contributed by atoms with van der Waals surface area (Å²) in [5, 5.41) is 11.2. The minimum Gasteiger partial charge on any atom is -0.336 e. The van der Waals surface area contributed by atoms with Gasteiger partial charge in [0.05, 0.1) is 6.07 Å². The smallest absolute Gasteiger partial charge is 0.252 e. The molecule has 0 spiro atoms. The van der Waals surface area contributed by atoms with E-state index >= 15 is 0 Å². The fourth-order valence-electron chi connectivity index (χ4n) is 1.20. The summed E-state index contributed by atoms with van der Waals surface area (Å²) < 4.78 is 13.2. The van der Waals surface area contributed by atoms with Crippen LogP contribution in [0.2, 0.25) is 0 Å². The van der Waals surface area contributed by atoms with Crippen molar-refractivity contribution in [3.8, 4) is 6.07 Å². The Labute approximate surface area is 93.9 Å². The molecule has 1 aromatic rings. The molecule has 0 heterocycles. The van der Waals surface area contributed by atoms with Crippen LogP contribution in [-0.4, -0.2) is 11.9 Å². The second-order valence-corrected chi connectivity index (χ2v) is 3.53. The van der Waals surface area contributed by atoms with Gasteiger partial charge in [0.15, 0.2) is 0 Å². The molecule has 1 rings (SSSR count). The normalized spacial score (nSPS) is 11.6. The first-order valence-corrected chi connectivity index (χ1v) is 5.05. The summed E-state index contributed by atoms with van der Waals surface area (Å²) in [4.78, 5) is 11.6. The van der Waals surface area contributed by atoms with Gasteiger partial charge in [0.2, 0.25) is 0 Å². The molecular formula is C12H13FN2O. The van der Waals surface area contributed by atoms with Crippen molar-refractivity contribution in [3.63, 3.8) is 0 Å². The number of carbonyl (C=O) groups excluding carboxylic acids is 1. The minimum absolute atomic E-state index is 0.233. The Kier molecular flexibility index (Phi) is 4.01. The molecule has 0 saturated carbocycles. The standard InChI is InChI=1S/C12H13FN2O/c1-3-10(7-14)15-12(16)9-5-4-8(2)11(13)6-9/h4-6,10H,3H2,1-2H3,(H,15,16). The van der Waals surface area contributed by atoms with Gasteiger partial charge >= 0.3 is 0 Å². The third-order valence-corrected chi connectivity index (χ3v) is 2.30. The number of aryl methyl sites for hydroxylation is 1. The molecule has 1 unspecified atom stereocenters. The molecule has 1 aromatic carbocycles. The Morgan fingerprint density at radius 1 is 1.62 bits per heavy atom. The van der Waals surface area contributed by atoms with Crippen molar-refractivity contribution in [3.05, 3.63) is 35.1 Å². The van der Waals surface area contributed by atoms with E-state index in [9.17, 15) is 9.18 Å². The first kappa shape index (κ1) is 12.2. The SMILES string of the molecule is CCC(C#N)NC(=O)c1ccc(C)c(F)c1. The van der Waals surface area contributed by atoms with Crippen LogP contribution in [0.5, 0.6) is 0 Å². The van der Waals surface area contributed by atoms with Gasteiger partial charge in [-0.2, -0.15) is 5.26 Å². The largest absolute Gasteiger partial charge is 0.336 e. The van der Waals surface area contributed by atoms with Gasteiger partial charge in [-0.25, -0.2) is 4.39 Å². The number of nitrogens with zero attached hydrogens (tertiary/aromatic N) is 1. The van der Waals surface area contributed by atoms with Gasteiger partial charge in [-0.3, -0.25) is 4.79 Å². The average Bonchev–Trinajstić information content (AvgIpc) is 2.29.